The van der Waals surface area contributed by atoms with Crippen molar-refractivity contribution >= 4 is 16.9 Å². The Labute approximate surface area is 161 Å². The van der Waals surface area contributed by atoms with Crippen LogP contribution in [0.5, 0.6) is 0 Å². The summed E-state index contributed by atoms with van der Waals surface area (Å²) in [6, 6.07) is 9.70. The third kappa shape index (κ3) is 2.59. The molecule has 4 atom stereocenters. The molecule has 0 bridgehead atoms. The number of fused-ring (bicyclic) bond motifs is 2. The summed E-state index contributed by atoms with van der Waals surface area (Å²) >= 11 is 0. The summed E-state index contributed by atoms with van der Waals surface area (Å²) in [5, 5.41) is 15.2. The minimum absolute atomic E-state index is 0.182. The molecule has 9 heteroatoms. The molecule has 2 fully saturated rings. The molecule has 0 unspecified atom stereocenters. The number of aliphatic hydroxyl groups is 1. The Hall–Kier alpha value is -2.59. The third-order valence-electron chi connectivity index (χ3n) is 5.11. The lowest BCUT2D eigenvalue weighted by molar-refractivity contribution is -0.201. The summed E-state index contributed by atoms with van der Waals surface area (Å²) in [7, 11) is 0. The maximum absolute atomic E-state index is 9.75. The second-order valence-electron chi connectivity index (χ2n) is 7.43. The van der Waals surface area contributed by atoms with Crippen LogP contribution in [0.3, 0.4) is 0 Å². The molecule has 0 aliphatic carbocycles. The second kappa shape index (κ2) is 6.21. The molecular formula is C19H21N5O4. The highest BCUT2D eigenvalue weighted by atomic mass is 16.8. The van der Waals surface area contributed by atoms with Gasteiger partial charge in [0.25, 0.3) is 0 Å². The van der Waals surface area contributed by atoms with Crippen LogP contribution >= 0.6 is 0 Å². The van der Waals surface area contributed by atoms with Crippen molar-refractivity contribution in [2.45, 2.75) is 44.2 Å². The van der Waals surface area contributed by atoms with Crippen LogP contribution < -0.4 is 5.73 Å². The van der Waals surface area contributed by atoms with Gasteiger partial charge in [0.2, 0.25) is 0 Å². The van der Waals surface area contributed by atoms with E-state index >= 15 is 0 Å². The van der Waals surface area contributed by atoms with Crippen molar-refractivity contribution in [3.05, 3.63) is 36.7 Å². The molecule has 5 rings (SSSR count). The number of nitrogens with two attached hydrogens (primary N) is 1. The van der Waals surface area contributed by atoms with Crippen molar-refractivity contribution in [1.82, 2.24) is 19.7 Å². The molecule has 1 aromatic carbocycles. The van der Waals surface area contributed by atoms with Gasteiger partial charge in [-0.25, -0.2) is 14.6 Å². The first-order valence-electron chi connectivity index (χ1n) is 9.14. The molecule has 0 spiro atoms. The summed E-state index contributed by atoms with van der Waals surface area (Å²) < 4.78 is 19.7. The van der Waals surface area contributed by atoms with E-state index in [1.165, 1.54) is 6.33 Å². The Balaban J connectivity index is 1.67. The number of aliphatic hydroxyl groups excluding tert-OH is 1. The third-order valence-corrected chi connectivity index (χ3v) is 5.11. The fourth-order valence-corrected chi connectivity index (χ4v) is 3.97. The number of aromatic nitrogens is 4. The number of anilines is 1. The molecule has 2 saturated heterocycles. The second-order valence-corrected chi connectivity index (χ2v) is 7.43. The van der Waals surface area contributed by atoms with E-state index in [4.69, 9.17) is 25.0 Å². The van der Waals surface area contributed by atoms with Crippen LogP contribution in [0.25, 0.3) is 22.3 Å². The lowest BCUT2D eigenvalue weighted by Gasteiger charge is -2.23. The smallest absolute Gasteiger partial charge is 0.181 e. The summed E-state index contributed by atoms with van der Waals surface area (Å²) in [5.41, 5.74) is 8.27. The number of benzene rings is 1. The van der Waals surface area contributed by atoms with E-state index in [1.807, 2.05) is 44.2 Å². The fourth-order valence-electron chi connectivity index (χ4n) is 3.97. The maximum Gasteiger partial charge on any atom is 0.181 e. The maximum atomic E-state index is 9.75. The van der Waals surface area contributed by atoms with Gasteiger partial charge in [0, 0.05) is 5.56 Å². The summed E-state index contributed by atoms with van der Waals surface area (Å²) in [4.78, 5) is 8.54. The van der Waals surface area contributed by atoms with Gasteiger partial charge in [-0.05, 0) is 13.8 Å². The number of ether oxygens (including phenoxy) is 3. The van der Waals surface area contributed by atoms with Gasteiger partial charge in [-0.2, -0.15) is 5.10 Å². The average Bonchev–Trinajstić information content (AvgIpc) is 3.31. The molecule has 9 nitrogen and oxygen atoms in total. The van der Waals surface area contributed by atoms with E-state index in [0.29, 0.717) is 22.5 Å². The molecule has 3 aromatic rings. The van der Waals surface area contributed by atoms with E-state index in [2.05, 4.69) is 9.97 Å². The van der Waals surface area contributed by atoms with Gasteiger partial charge < -0.3 is 25.1 Å². The van der Waals surface area contributed by atoms with Crippen LogP contribution in [-0.2, 0) is 14.2 Å². The first kappa shape index (κ1) is 17.5. The molecular weight excluding hydrogens is 362 g/mol. The fraction of sp³-hybridized carbons (Fsp3) is 0.421. The topological polar surface area (TPSA) is 118 Å². The standard InChI is InChI=1S/C19H21N5O4/c1-19(2)27-14-11(8-25)26-18(15(14)28-19)24-17-12(16(20)21-9-22-17)13(23-24)10-6-4-3-5-7-10/h3-7,9,11,14-15,18,25H,8H2,1-2H3,(H2,20,21,22)/t11-,14-,15-,18-/m1/s1. The van der Waals surface area contributed by atoms with Gasteiger partial charge in [-0.15, -0.1) is 0 Å². The Bertz CT molecular complexity index is 1020. The molecule has 28 heavy (non-hydrogen) atoms. The molecule has 0 radical (unpaired) electrons. The zero-order valence-electron chi connectivity index (χ0n) is 15.5. The molecule has 0 amide bonds. The molecule has 0 saturated carbocycles. The quantitative estimate of drug-likeness (QED) is 0.698. The molecule has 2 aliphatic rings. The van der Waals surface area contributed by atoms with Crippen LogP contribution in [0.4, 0.5) is 5.82 Å². The van der Waals surface area contributed by atoms with Crippen LogP contribution in [0, 0.1) is 0 Å². The predicted octanol–water partition coefficient (Wildman–Crippen LogP) is 1.49. The van der Waals surface area contributed by atoms with Crippen LogP contribution in [0.2, 0.25) is 0 Å². The lowest BCUT2D eigenvalue weighted by Crippen LogP contribution is -2.31. The van der Waals surface area contributed by atoms with Crippen LogP contribution in [-0.4, -0.2) is 55.6 Å². The zero-order valence-corrected chi connectivity index (χ0v) is 15.5. The number of nitrogen functional groups attached to an aromatic ring is 1. The van der Waals surface area contributed by atoms with Crippen molar-refractivity contribution in [1.29, 1.82) is 0 Å². The van der Waals surface area contributed by atoms with Crippen molar-refractivity contribution in [2.24, 2.45) is 0 Å². The van der Waals surface area contributed by atoms with Crippen molar-refractivity contribution in [2.75, 3.05) is 12.3 Å². The Morgan fingerprint density at radius 2 is 1.89 bits per heavy atom. The Morgan fingerprint density at radius 3 is 2.64 bits per heavy atom. The highest BCUT2D eigenvalue weighted by molar-refractivity contribution is 5.98. The first-order chi connectivity index (χ1) is 13.5. The molecule has 2 aromatic heterocycles. The lowest BCUT2D eigenvalue weighted by atomic mass is 10.1. The number of nitrogens with zero attached hydrogens (tertiary/aromatic N) is 4. The van der Waals surface area contributed by atoms with Crippen molar-refractivity contribution < 1.29 is 19.3 Å². The predicted molar refractivity (Wildman–Crippen MR) is 100.0 cm³/mol. The highest BCUT2D eigenvalue weighted by Gasteiger charge is 2.56. The molecule has 4 heterocycles. The van der Waals surface area contributed by atoms with Gasteiger partial charge in [0.15, 0.2) is 17.7 Å². The van der Waals surface area contributed by atoms with E-state index in [1.54, 1.807) is 4.68 Å². The van der Waals surface area contributed by atoms with Gasteiger partial charge >= 0.3 is 0 Å². The molecule has 3 N–H and O–H groups in total. The highest BCUT2D eigenvalue weighted by Crippen LogP contribution is 2.44. The minimum Gasteiger partial charge on any atom is -0.394 e. The summed E-state index contributed by atoms with van der Waals surface area (Å²) in [5.74, 6) is -0.434. The monoisotopic (exact) mass is 383 g/mol. The van der Waals surface area contributed by atoms with E-state index in [-0.39, 0.29) is 6.61 Å². The van der Waals surface area contributed by atoms with Gasteiger partial charge in [0.05, 0.1) is 12.0 Å². The van der Waals surface area contributed by atoms with Crippen molar-refractivity contribution in [3.8, 4) is 11.3 Å². The van der Waals surface area contributed by atoms with Crippen LogP contribution in [0.15, 0.2) is 36.7 Å². The average molecular weight is 383 g/mol. The van der Waals surface area contributed by atoms with E-state index in [0.717, 1.165) is 5.56 Å². The van der Waals surface area contributed by atoms with Gasteiger partial charge in [-0.1, -0.05) is 30.3 Å². The Morgan fingerprint density at radius 1 is 1.14 bits per heavy atom. The van der Waals surface area contributed by atoms with Crippen molar-refractivity contribution in [3.63, 3.8) is 0 Å². The first-order valence-corrected chi connectivity index (χ1v) is 9.14. The van der Waals surface area contributed by atoms with Gasteiger partial charge in [-0.3, -0.25) is 0 Å². The normalized spacial score (nSPS) is 28.7. The summed E-state index contributed by atoms with van der Waals surface area (Å²) in [6.45, 7) is 3.50. The van der Waals surface area contributed by atoms with Crippen LogP contribution in [0.1, 0.15) is 20.1 Å². The Kier molecular flexibility index (Phi) is 3.88. The largest absolute Gasteiger partial charge is 0.394 e. The SMILES string of the molecule is CC1(C)O[C@@H]2[C@H](O1)[C@@H](CO)O[C@H]2n1nc(-c2ccccc2)c2c(N)ncnc21. The number of rotatable bonds is 3. The summed E-state index contributed by atoms with van der Waals surface area (Å²) in [6.07, 6.45) is -0.566. The minimum atomic E-state index is -0.774. The number of hydrogen-bond acceptors (Lipinski definition) is 8. The molecule has 146 valence electrons. The number of hydrogen-bond donors (Lipinski definition) is 2. The van der Waals surface area contributed by atoms with E-state index in [9.17, 15) is 5.11 Å². The van der Waals surface area contributed by atoms with Gasteiger partial charge in [0.1, 0.15) is 36.2 Å². The zero-order chi connectivity index (χ0) is 19.5. The molecule has 2 aliphatic heterocycles. The van der Waals surface area contributed by atoms with E-state index < -0.39 is 30.3 Å².